The van der Waals surface area contributed by atoms with E-state index in [1.54, 1.807) is 0 Å². The Hall–Kier alpha value is -0.900. The summed E-state index contributed by atoms with van der Waals surface area (Å²) in [5.41, 5.74) is 0. The summed E-state index contributed by atoms with van der Waals surface area (Å²) in [5, 5.41) is 8.00. The molecule has 1 aliphatic rings. The van der Waals surface area contributed by atoms with Crippen molar-refractivity contribution >= 4 is 0 Å². The highest BCUT2D eigenvalue weighted by molar-refractivity contribution is 4.90. The van der Waals surface area contributed by atoms with Gasteiger partial charge in [0.05, 0.1) is 6.54 Å². The van der Waals surface area contributed by atoms with Crippen LogP contribution in [0.15, 0.2) is 6.33 Å². The number of hydrogen-bond donors (Lipinski definition) is 0. The van der Waals surface area contributed by atoms with E-state index in [2.05, 4.69) is 33.5 Å². The van der Waals surface area contributed by atoms with Gasteiger partial charge in [-0.3, -0.25) is 4.90 Å². The molecule has 0 N–H and O–H groups in total. The number of rotatable bonds is 2. The lowest BCUT2D eigenvalue weighted by Gasteiger charge is -2.31. The van der Waals surface area contributed by atoms with E-state index in [0.29, 0.717) is 6.04 Å². The molecule has 0 saturated carbocycles. The molecule has 1 aromatic heterocycles. The lowest BCUT2D eigenvalue weighted by molar-refractivity contribution is 0.159. The van der Waals surface area contributed by atoms with E-state index in [9.17, 15) is 0 Å². The number of aromatic nitrogens is 3. The summed E-state index contributed by atoms with van der Waals surface area (Å²) in [5.74, 6) is 1.10. The van der Waals surface area contributed by atoms with E-state index in [1.165, 1.54) is 6.42 Å². The molecule has 1 aliphatic heterocycles. The Morgan fingerprint density at radius 2 is 2.38 bits per heavy atom. The molecule has 2 rings (SSSR count). The van der Waals surface area contributed by atoms with Gasteiger partial charge in [-0.1, -0.05) is 6.92 Å². The van der Waals surface area contributed by atoms with E-state index in [4.69, 9.17) is 0 Å². The maximum atomic E-state index is 4.09. The SMILES string of the molecule is CCC(C)N1CCn2cnnc2C1. The lowest BCUT2D eigenvalue weighted by Crippen LogP contribution is -2.39. The average Bonchev–Trinajstić information content (AvgIpc) is 2.63. The van der Waals surface area contributed by atoms with Crippen LogP contribution in [-0.2, 0) is 13.1 Å². The van der Waals surface area contributed by atoms with Gasteiger partial charge in [0.15, 0.2) is 0 Å². The first-order valence-electron chi connectivity index (χ1n) is 4.92. The van der Waals surface area contributed by atoms with Crippen molar-refractivity contribution in [1.29, 1.82) is 0 Å². The molecular formula is C9H16N4. The van der Waals surface area contributed by atoms with Crippen molar-refractivity contribution in [1.82, 2.24) is 19.7 Å². The summed E-state index contributed by atoms with van der Waals surface area (Å²) >= 11 is 0. The summed E-state index contributed by atoms with van der Waals surface area (Å²) in [6, 6.07) is 0.658. The number of hydrogen-bond acceptors (Lipinski definition) is 3. The summed E-state index contributed by atoms with van der Waals surface area (Å²) in [6.45, 7) is 7.61. The Balaban J connectivity index is 2.08. The van der Waals surface area contributed by atoms with Gasteiger partial charge in [0.25, 0.3) is 0 Å². The number of nitrogens with zero attached hydrogens (tertiary/aromatic N) is 4. The van der Waals surface area contributed by atoms with Gasteiger partial charge in [0.1, 0.15) is 12.2 Å². The zero-order valence-electron chi connectivity index (χ0n) is 8.27. The van der Waals surface area contributed by atoms with Crippen LogP contribution in [0.25, 0.3) is 0 Å². The third-order valence-electron chi connectivity index (χ3n) is 2.88. The van der Waals surface area contributed by atoms with Crippen LogP contribution in [0.2, 0.25) is 0 Å². The third kappa shape index (κ3) is 1.58. The summed E-state index contributed by atoms with van der Waals surface area (Å²) in [6.07, 6.45) is 3.03. The predicted molar refractivity (Wildman–Crippen MR) is 50.2 cm³/mol. The highest BCUT2D eigenvalue weighted by Crippen LogP contribution is 2.13. The van der Waals surface area contributed by atoms with Crippen molar-refractivity contribution in [2.24, 2.45) is 0 Å². The topological polar surface area (TPSA) is 34.0 Å². The molecule has 0 saturated heterocycles. The second-order valence-electron chi connectivity index (χ2n) is 3.67. The molecule has 0 radical (unpaired) electrons. The van der Waals surface area contributed by atoms with Crippen molar-refractivity contribution in [2.45, 2.75) is 39.4 Å². The molecular weight excluding hydrogens is 164 g/mol. The summed E-state index contributed by atoms with van der Waals surface area (Å²) in [4.78, 5) is 2.46. The van der Waals surface area contributed by atoms with Crippen LogP contribution < -0.4 is 0 Å². The zero-order valence-corrected chi connectivity index (χ0v) is 8.27. The minimum absolute atomic E-state index is 0.658. The van der Waals surface area contributed by atoms with Gasteiger partial charge < -0.3 is 4.57 Å². The van der Waals surface area contributed by atoms with Gasteiger partial charge >= 0.3 is 0 Å². The first kappa shape index (κ1) is 8.69. The van der Waals surface area contributed by atoms with Crippen LogP contribution in [0.1, 0.15) is 26.1 Å². The standard InChI is InChI=1S/C9H16N4/c1-3-8(2)12-4-5-13-7-10-11-9(13)6-12/h7-8H,3-6H2,1-2H3. The Morgan fingerprint density at radius 1 is 1.54 bits per heavy atom. The molecule has 72 valence electrons. The number of fused-ring (bicyclic) bond motifs is 1. The normalized spacial score (nSPS) is 19.8. The van der Waals surface area contributed by atoms with Gasteiger partial charge in [0, 0.05) is 19.1 Å². The molecule has 0 bridgehead atoms. The highest BCUT2D eigenvalue weighted by Gasteiger charge is 2.20. The van der Waals surface area contributed by atoms with Gasteiger partial charge in [-0.05, 0) is 13.3 Å². The van der Waals surface area contributed by atoms with Crippen LogP contribution in [0.4, 0.5) is 0 Å². The minimum Gasteiger partial charge on any atom is -0.315 e. The molecule has 0 amide bonds. The van der Waals surface area contributed by atoms with Crippen molar-refractivity contribution in [3.05, 3.63) is 12.2 Å². The van der Waals surface area contributed by atoms with Gasteiger partial charge in [0.2, 0.25) is 0 Å². The van der Waals surface area contributed by atoms with E-state index >= 15 is 0 Å². The Morgan fingerprint density at radius 3 is 3.15 bits per heavy atom. The predicted octanol–water partition coefficient (Wildman–Crippen LogP) is 0.892. The molecule has 0 spiro atoms. The van der Waals surface area contributed by atoms with Crippen molar-refractivity contribution < 1.29 is 0 Å². The van der Waals surface area contributed by atoms with Crippen LogP contribution in [0, 0.1) is 0 Å². The van der Waals surface area contributed by atoms with E-state index in [-0.39, 0.29) is 0 Å². The maximum Gasteiger partial charge on any atom is 0.147 e. The Labute approximate surface area is 78.6 Å². The Bertz CT molecular complexity index is 281. The molecule has 13 heavy (non-hydrogen) atoms. The first-order valence-corrected chi connectivity index (χ1v) is 4.92. The minimum atomic E-state index is 0.658. The molecule has 0 aliphatic carbocycles. The van der Waals surface area contributed by atoms with E-state index in [1.807, 2.05) is 6.33 Å². The van der Waals surface area contributed by atoms with Crippen LogP contribution in [0.3, 0.4) is 0 Å². The maximum absolute atomic E-state index is 4.09. The molecule has 0 fully saturated rings. The van der Waals surface area contributed by atoms with Crippen LogP contribution >= 0.6 is 0 Å². The fraction of sp³-hybridized carbons (Fsp3) is 0.778. The summed E-state index contributed by atoms with van der Waals surface area (Å²) in [7, 11) is 0. The molecule has 4 nitrogen and oxygen atoms in total. The van der Waals surface area contributed by atoms with Crippen molar-refractivity contribution in [2.75, 3.05) is 6.54 Å². The quantitative estimate of drug-likeness (QED) is 0.678. The summed E-state index contributed by atoms with van der Waals surface area (Å²) < 4.78 is 2.14. The van der Waals surface area contributed by atoms with Gasteiger partial charge in [-0.2, -0.15) is 0 Å². The molecule has 1 unspecified atom stereocenters. The molecule has 4 heteroatoms. The fourth-order valence-corrected chi connectivity index (χ4v) is 1.72. The van der Waals surface area contributed by atoms with Gasteiger partial charge in [-0.15, -0.1) is 10.2 Å². The highest BCUT2D eigenvalue weighted by atomic mass is 15.3. The first-order chi connectivity index (χ1) is 6.31. The second kappa shape index (κ2) is 3.46. The lowest BCUT2D eigenvalue weighted by atomic mass is 10.2. The van der Waals surface area contributed by atoms with Crippen LogP contribution in [-0.4, -0.2) is 32.3 Å². The molecule has 0 aromatic carbocycles. The second-order valence-corrected chi connectivity index (χ2v) is 3.67. The van der Waals surface area contributed by atoms with Crippen LogP contribution in [0.5, 0.6) is 0 Å². The smallest absolute Gasteiger partial charge is 0.147 e. The molecule has 1 aromatic rings. The molecule has 2 heterocycles. The fourth-order valence-electron chi connectivity index (χ4n) is 1.72. The van der Waals surface area contributed by atoms with Crippen molar-refractivity contribution in [3.8, 4) is 0 Å². The third-order valence-corrected chi connectivity index (χ3v) is 2.88. The monoisotopic (exact) mass is 180 g/mol. The largest absolute Gasteiger partial charge is 0.315 e. The van der Waals surface area contributed by atoms with Crippen molar-refractivity contribution in [3.63, 3.8) is 0 Å². The molecule has 1 atom stereocenters. The van der Waals surface area contributed by atoms with Gasteiger partial charge in [-0.25, -0.2) is 0 Å². The van der Waals surface area contributed by atoms with E-state index < -0.39 is 0 Å². The van der Waals surface area contributed by atoms with E-state index in [0.717, 1.165) is 25.5 Å². The zero-order chi connectivity index (χ0) is 9.26. The average molecular weight is 180 g/mol. The Kier molecular flexibility index (Phi) is 2.31.